The molecule has 0 saturated heterocycles. The maximum atomic E-state index is 11.6. The molecule has 0 atom stereocenters. The van der Waals surface area contributed by atoms with E-state index in [4.69, 9.17) is 20.2 Å². The second-order valence-corrected chi connectivity index (χ2v) is 7.70. The van der Waals surface area contributed by atoms with Gasteiger partial charge in [-0.3, -0.25) is 0 Å². The van der Waals surface area contributed by atoms with Crippen LogP contribution in [0.2, 0.25) is 0 Å². The molecule has 0 aliphatic carbocycles. The summed E-state index contributed by atoms with van der Waals surface area (Å²) >= 11 is 0. The van der Waals surface area contributed by atoms with Crippen LogP contribution in [0.25, 0.3) is 0 Å². The molecule has 1 rings (SSSR count). The zero-order valence-electron chi connectivity index (χ0n) is 12.3. The number of hydrogen-bond donors (Lipinski definition) is 0. The van der Waals surface area contributed by atoms with Gasteiger partial charge in [-0.05, 0) is 37.0 Å². The van der Waals surface area contributed by atoms with Gasteiger partial charge in [-0.15, -0.1) is 0 Å². The van der Waals surface area contributed by atoms with Gasteiger partial charge >= 0.3 is 0 Å². The van der Waals surface area contributed by atoms with Gasteiger partial charge in [0, 0.05) is 17.3 Å². The standard InChI is InChI=1S/C14H21ClO4S/c1-10(2)9-18-5-6-19-14-12(4)7-11(3)8-13(14)20(15,16)17/h7-8,10H,5-6,9H2,1-4H3. The molecule has 0 aromatic heterocycles. The molecule has 0 aliphatic heterocycles. The maximum absolute atomic E-state index is 11.6. The summed E-state index contributed by atoms with van der Waals surface area (Å²) in [6.07, 6.45) is 0. The van der Waals surface area contributed by atoms with Crippen molar-refractivity contribution in [2.45, 2.75) is 32.6 Å². The average Bonchev–Trinajstić information content (AvgIpc) is 2.28. The molecule has 20 heavy (non-hydrogen) atoms. The molecule has 1 aromatic carbocycles. The normalized spacial score (nSPS) is 11.9. The fraction of sp³-hybridized carbons (Fsp3) is 0.571. The van der Waals surface area contributed by atoms with Crippen molar-refractivity contribution >= 4 is 19.7 Å². The van der Waals surface area contributed by atoms with E-state index in [2.05, 4.69) is 13.8 Å². The van der Waals surface area contributed by atoms with Crippen LogP contribution in [0, 0.1) is 19.8 Å². The van der Waals surface area contributed by atoms with E-state index >= 15 is 0 Å². The first-order chi connectivity index (χ1) is 9.21. The first kappa shape index (κ1) is 17.3. The van der Waals surface area contributed by atoms with Crippen molar-refractivity contribution < 1.29 is 17.9 Å². The van der Waals surface area contributed by atoms with Crippen molar-refractivity contribution in [3.63, 3.8) is 0 Å². The highest BCUT2D eigenvalue weighted by atomic mass is 35.7. The van der Waals surface area contributed by atoms with Gasteiger partial charge in [-0.2, -0.15) is 0 Å². The lowest BCUT2D eigenvalue weighted by molar-refractivity contribution is 0.0809. The number of aryl methyl sites for hydroxylation is 2. The van der Waals surface area contributed by atoms with Crippen LogP contribution >= 0.6 is 10.7 Å². The van der Waals surface area contributed by atoms with Gasteiger partial charge in [0.05, 0.1) is 6.61 Å². The number of hydrogen-bond acceptors (Lipinski definition) is 4. The van der Waals surface area contributed by atoms with E-state index in [1.165, 1.54) is 6.07 Å². The SMILES string of the molecule is Cc1cc(C)c(OCCOCC(C)C)c(S(=O)(=O)Cl)c1. The molecular weight excluding hydrogens is 300 g/mol. The fourth-order valence-electron chi connectivity index (χ4n) is 1.80. The molecule has 0 bridgehead atoms. The zero-order chi connectivity index (χ0) is 15.3. The highest BCUT2D eigenvalue weighted by Crippen LogP contribution is 2.31. The number of halogens is 1. The van der Waals surface area contributed by atoms with Crippen LogP contribution in [-0.2, 0) is 13.8 Å². The Balaban J connectivity index is 2.79. The molecule has 0 fully saturated rings. The van der Waals surface area contributed by atoms with Crippen LogP contribution in [-0.4, -0.2) is 28.2 Å². The van der Waals surface area contributed by atoms with Crippen molar-refractivity contribution in [2.75, 3.05) is 19.8 Å². The second-order valence-electron chi connectivity index (χ2n) is 5.16. The molecular formula is C14H21ClO4S. The summed E-state index contributed by atoms with van der Waals surface area (Å²) in [6, 6.07) is 3.37. The zero-order valence-corrected chi connectivity index (χ0v) is 13.8. The van der Waals surface area contributed by atoms with Crippen LogP contribution in [0.4, 0.5) is 0 Å². The quantitative estimate of drug-likeness (QED) is 0.571. The van der Waals surface area contributed by atoms with E-state index in [9.17, 15) is 8.42 Å². The monoisotopic (exact) mass is 320 g/mol. The summed E-state index contributed by atoms with van der Waals surface area (Å²) in [7, 11) is 1.62. The summed E-state index contributed by atoms with van der Waals surface area (Å²) in [5.41, 5.74) is 1.57. The van der Waals surface area contributed by atoms with E-state index in [1.807, 2.05) is 13.0 Å². The van der Waals surface area contributed by atoms with Crippen molar-refractivity contribution in [1.29, 1.82) is 0 Å². The van der Waals surface area contributed by atoms with Gasteiger partial charge in [-0.1, -0.05) is 19.9 Å². The Bertz CT molecular complexity index is 553. The lowest BCUT2D eigenvalue weighted by Gasteiger charge is -2.14. The summed E-state index contributed by atoms with van der Waals surface area (Å²) in [5, 5.41) is 0. The highest BCUT2D eigenvalue weighted by molar-refractivity contribution is 8.13. The van der Waals surface area contributed by atoms with Gasteiger partial charge in [0.15, 0.2) is 0 Å². The first-order valence-electron chi connectivity index (χ1n) is 6.48. The summed E-state index contributed by atoms with van der Waals surface area (Å²) in [4.78, 5) is 0.0144. The largest absolute Gasteiger partial charge is 0.489 e. The third-order valence-electron chi connectivity index (χ3n) is 2.57. The first-order valence-corrected chi connectivity index (χ1v) is 8.79. The van der Waals surface area contributed by atoms with Crippen molar-refractivity contribution in [1.82, 2.24) is 0 Å². The van der Waals surface area contributed by atoms with Crippen LogP contribution in [0.3, 0.4) is 0 Å². The van der Waals surface area contributed by atoms with E-state index < -0.39 is 9.05 Å². The van der Waals surface area contributed by atoms with Gasteiger partial charge in [0.1, 0.15) is 17.3 Å². The smallest absolute Gasteiger partial charge is 0.265 e. The minimum atomic E-state index is -3.83. The summed E-state index contributed by atoms with van der Waals surface area (Å²) in [6.45, 7) is 9.07. The van der Waals surface area contributed by atoms with E-state index in [0.717, 1.165) is 11.1 Å². The van der Waals surface area contributed by atoms with Crippen molar-refractivity contribution in [3.8, 4) is 5.75 Å². The number of ether oxygens (including phenoxy) is 2. The molecule has 6 heteroatoms. The molecule has 1 aromatic rings. The van der Waals surface area contributed by atoms with Crippen LogP contribution < -0.4 is 4.74 Å². The van der Waals surface area contributed by atoms with Crippen LogP contribution in [0.5, 0.6) is 5.75 Å². The Labute approximate surface area is 125 Å². The minimum Gasteiger partial charge on any atom is -0.489 e. The molecule has 0 N–H and O–H groups in total. The van der Waals surface area contributed by atoms with E-state index in [-0.39, 0.29) is 11.5 Å². The van der Waals surface area contributed by atoms with E-state index in [1.54, 1.807) is 6.92 Å². The summed E-state index contributed by atoms with van der Waals surface area (Å²) < 4.78 is 34.1. The van der Waals surface area contributed by atoms with Gasteiger partial charge in [0.25, 0.3) is 9.05 Å². The molecule has 0 aliphatic rings. The maximum Gasteiger partial charge on any atom is 0.265 e. The lowest BCUT2D eigenvalue weighted by atomic mass is 10.1. The lowest BCUT2D eigenvalue weighted by Crippen LogP contribution is -2.12. The Hall–Kier alpha value is -0.780. The van der Waals surface area contributed by atoms with Crippen LogP contribution in [0.15, 0.2) is 17.0 Å². The van der Waals surface area contributed by atoms with Crippen LogP contribution in [0.1, 0.15) is 25.0 Å². The molecule has 0 radical (unpaired) electrons. The topological polar surface area (TPSA) is 52.6 Å². The fourth-order valence-corrected chi connectivity index (χ4v) is 2.92. The van der Waals surface area contributed by atoms with Crippen molar-refractivity contribution in [2.24, 2.45) is 5.92 Å². The molecule has 4 nitrogen and oxygen atoms in total. The van der Waals surface area contributed by atoms with Gasteiger partial charge in [-0.25, -0.2) is 8.42 Å². The minimum absolute atomic E-state index is 0.0144. The third-order valence-corrected chi connectivity index (χ3v) is 3.90. The Kier molecular flexibility index (Phi) is 6.30. The third kappa shape index (κ3) is 5.31. The molecule has 0 heterocycles. The number of rotatable bonds is 7. The summed E-state index contributed by atoms with van der Waals surface area (Å²) in [5.74, 6) is 0.758. The molecule has 114 valence electrons. The molecule has 0 saturated carbocycles. The predicted octanol–water partition coefficient (Wildman–Crippen LogP) is 3.28. The molecule has 0 spiro atoms. The van der Waals surface area contributed by atoms with Gasteiger partial charge < -0.3 is 9.47 Å². The van der Waals surface area contributed by atoms with Crippen molar-refractivity contribution in [3.05, 3.63) is 23.3 Å². The average molecular weight is 321 g/mol. The molecule has 0 amide bonds. The number of benzene rings is 1. The Morgan fingerprint density at radius 2 is 1.85 bits per heavy atom. The van der Waals surface area contributed by atoms with Gasteiger partial charge in [0.2, 0.25) is 0 Å². The highest BCUT2D eigenvalue weighted by Gasteiger charge is 2.19. The molecule has 0 unspecified atom stereocenters. The Morgan fingerprint density at radius 1 is 1.20 bits per heavy atom. The Morgan fingerprint density at radius 3 is 2.40 bits per heavy atom. The predicted molar refractivity (Wildman–Crippen MR) is 80.1 cm³/mol. The second kappa shape index (κ2) is 7.29. The van der Waals surface area contributed by atoms with E-state index in [0.29, 0.717) is 24.9 Å².